The number of nitro groups is 1. The van der Waals surface area contributed by atoms with Crippen molar-refractivity contribution >= 4 is 11.7 Å². The van der Waals surface area contributed by atoms with E-state index in [0.29, 0.717) is 0 Å². The Morgan fingerprint density at radius 3 is 2.48 bits per heavy atom. The second-order valence-corrected chi connectivity index (χ2v) is 5.41. The number of methoxy groups -OCH3 is 1. The maximum atomic E-state index is 11.2. The molecule has 10 nitrogen and oxygen atoms in total. The summed E-state index contributed by atoms with van der Waals surface area (Å²) in [6.45, 7) is 1.07. The van der Waals surface area contributed by atoms with Crippen LogP contribution in [0.25, 0.3) is 0 Å². The summed E-state index contributed by atoms with van der Waals surface area (Å²) in [5.74, 6) is -0.438. The largest absolute Gasteiger partial charge is 0.467 e. The number of rotatable bonds is 6. The third-order valence-electron chi connectivity index (χ3n) is 3.71. The summed E-state index contributed by atoms with van der Waals surface area (Å²) in [4.78, 5) is 21.4. The molecule has 10 heteroatoms. The van der Waals surface area contributed by atoms with Crippen LogP contribution in [0.15, 0.2) is 24.3 Å². The predicted molar refractivity (Wildman–Crippen MR) is 81.8 cm³/mol. The molecule has 0 saturated carbocycles. The monoisotopic (exact) mass is 357 g/mol. The minimum Gasteiger partial charge on any atom is -0.467 e. The van der Waals surface area contributed by atoms with E-state index in [1.54, 1.807) is 0 Å². The zero-order valence-electron chi connectivity index (χ0n) is 13.6. The average molecular weight is 357 g/mol. The van der Waals surface area contributed by atoms with Crippen LogP contribution in [0.4, 0.5) is 5.69 Å². The summed E-state index contributed by atoms with van der Waals surface area (Å²) in [6, 6.07) is 5.22. The van der Waals surface area contributed by atoms with Crippen molar-refractivity contribution in [2.24, 2.45) is 0 Å². The van der Waals surface area contributed by atoms with E-state index in [9.17, 15) is 25.1 Å². The van der Waals surface area contributed by atoms with Gasteiger partial charge in [-0.15, -0.1) is 0 Å². The van der Waals surface area contributed by atoms with Crippen LogP contribution in [-0.2, 0) is 19.0 Å². The van der Waals surface area contributed by atoms with Gasteiger partial charge in [0.05, 0.1) is 18.1 Å². The van der Waals surface area contributed by atoms with Gasteiger partial charge in [0.2, 0.25) is 6.29 Å². The molecule has 138 valence electrons. The zero-order chi connectivity index (χ0) is 18.6. The van der Waals surface area contributed by atoms with Gasteiger partial charge >= 0.3 is 5.97 Å². The minimum atomic E-state index is -1.36. The molecule has 0 unspecified atom stereocenters. The Hall–Kier alpha value is -2.27. The molecule has 1 aromatic carbocycles. The lowest BCUT2D eigenvalue weighted by molar-refractivity contribution is -0.384. The first-order valence-electron chi connectivity index (χ1n) is 7.44. The molecule has 2 N–H and O–H groups in total. The Balaban J connectivity index is 2.12. The van der Waals surface area contributed by atoms with Crippen molar-refractivity contribution in [1.82, 2.24) is 0 Å². The first-order chi connectivity index (χ1) is 11.8. The normalized spacial score (nSPS) is 29.0. The number of aliphatic hydroxyl groups is 2. The fourth-order valence-corrected chi connectivity index (χ4v) is 2.28. The number of benzene rings is 1. The highest BCUT2D eigenvalue weighted by Gasteiger charge is 2.45. The molecule has 0 aliphatic carbocycles. The van der Waals surface area contributed by atoms with E-state index in [0.717, 1.165) is 0 Å². The topological polar surface area (TPSA) is 138 Å². The highest BCUT2D eigenvalue weighted by atomic mass is 16.7. The standard InChI is InChI=1S/C15H19NO9/c1-8-12(18)13(19)14(23-7-11(17)22-2)15(24-8)25-10-5-3-9(4-6-10)16(20)21/h3-6,8,12-15,18-19H,7H2,1-2H3/t8-,12+,13+,14-,15+/m0/s1. The average Bonchev–Trinajstić information content (AvgIpc) is 2.59. The van der Waals surface area contributed by atoms with Crippen LogP contribution in [0.1, 0.15) is 6.92 Å². The van der Waals surface area contributed by atoms with Crippen molar-refractivity contribution in [3.8, 4) is 5.75 Å². The Kier molecular flexibility index (Phi) is 6.26. The highest BCUT2D eigenvalue weighted by molar-refractivity contribution is 5.70. The van der Waals surface area contributed by atoms with Gasteiger partial charge in [-0.2, -0.15) is 0 Å². The molecule has 2 rings (SSSR count). The van der Waals surface area contributed by atoms with Crippen LogP contribution in [-0.4, -0.2) is 65.5 Å². The molecule has 25 heavy (non-hydrogen) atoms. The SMILES string of the molecule is COC(=O)CO[C@@H]1[C@@H](Oc2ccc([N+](=O)[O-])cc2)O[C@@H](C)[C@@H](O)[C@H]1O. The molecular formula is C15H19NO9. The van der Waals surface area contributed by atoms with Crippen molar-refractivity contribution in [2.75, 3.05) is 13.7 Å². The first kappa shape index (κ1) is 19.1. The van der Waals surface area contributed by atoms with Crippen LogP contribution in [0.3, 0.4) is 0 Å². The Labute approximate surface area is 143 Å². The maximum absolute atomic E-state index is 11.2. The fourth-order valence-electron chi connectivity index (χ4n) is 2.28. The van der Waals surface area contributed by atoms with Gasteiger partial charge in [-0.05, 0) is 19.1 Å². The van der Waals surface area contributed by atoms with Gasteiger partial charge in [-0.3, -0.25) is 10.1 Å². The number of ether oxygens (including phenoxy) is 4. The molecule has 0 spiro atoms. The van der Waals surface area contributed by atoms with Gasteiger partial charge in [0, 0.05) is 12.1 Å². The van der Waals surface area contributed by atoms with E-state index in [-0.39, 0.29) is 11.4 Å². The number of hydrogen-bond donors (Lipinski definition) is 2. The number of aliphatic hydroxyl groups excluding tert-OH is 2. The lowest BCUT2D eigenvalue weighted by atomic mass is 10.00. The molecule has 0 amide bonds. The number of carbonyl (C=O) groups is 1. The molecule has 1 saturated heterocycles. The molecule has 1 aliphatic heterocycles. The summed E-state index contributed by atoms with van der Waals surface area (Å²) in [7, 11) is 1.18. The summed E-state index contributed by atoms with van der Waals surface area (Å²) in [6.07, 6.45) is -5.66. The van der Waals surface area contributed by atoms with E-state index < -0.39 is 48.2 Å². The summed E-state index contributed by atoms with van der Waals surface area (Å²) in [5.41, 5.74) is -0.112. The Bertz CT molecular complexity index is 606. The molecule has 1 heterocycles. The quantitative estimate of drug-likeness (QED) is 0.409. The van der Waals surface area contributed by atoms with Gasteiger partial charge in [0.25, 0.3) is 5.69 Å². The van der Waals surface area contributed by atoms with E-state index in [1.807, 2.05) is 0 Å². The summed E-state index contributed by atoms with van der Waals surface area (Å²) in [5, 5.41) is 30.8. The number of esters is 1. The Morgan fingerprint density at radius 2 is 1.92 bits per heavy atom. The number of hydrogen-bond acceptors (Lipinski definition) is 9. The first-order valence-corrected chi connectivity index (χ1v) is 7.44. The molecule has 1 aromatic rings. The highest BCUT2D eigenvalue weighted by Crippen LogP contribution is 2.27. The predicted octanol–water partition coefficient (Wildman–Crippen LogP) is -0.00160. The lowest BCUT2D eigenvalue weighted by Crippen LogP contribution is -2.59. The van der Waals surface area contributed by atoms with Crippen molar-refractivity contribution in [3.05, 3.63) is 34.4 Å². The molecular weight excluding hydrogens is 338 g/mol. The fraction of sp³-hybridized carbons (Fsp3) is 0.533. The molecule has 0 radical (unpaired) electrons. The van der Waals surface area contributed by atoms with E-state index in [2.05, 4.69) is 4.74 Å². The molecule has 1 fully saturated rings. The van der Waals surface area contributed by atoms with Crippen LogP contribution >= 0.6 is 0 Å². The van der Waals surface area contributed by atoms with Crippen LogP contribution in [0.2, 0.25) is 0 Å². The van der Waals surface area contributed by atoms with E-state index in [1.165, 1.54) is 38.3 Å². The van der Waals surface area contributed by atoms with Gasteiger partial charge in [0.1, 0.15) is 30.7 Å². The number of nitro benzene ring substituents is 1. The lowest BCUT2D eigenvalue weighted by Gasteiger charge is -2.40. The molecule has 0 aromatic heterocycles. The molecule has 5 atom stereocenters. The number of nitrogens with zero attached hydrogens (tertiary/aromatic N) is 1. The van der Waals surface area contributed by atoms with Gasteiger partial charge < -0.3 is 29.2 Å². The van der Waals surface area contributed by atoms with Gasteiger partial charge in [0.15, 0.2) is 0 Å². The van der Waals surface area contributed by atoms with Crippen molar-refractivity contribution in [3.63, 3.8) is 0 Å². The van der Waals surface area contributed by atoms with Crippen molar-refractivity contribution in [2.45, 2.75) is 37.6 Å². The summed E-state index contributed by atoms with van der Waals surface area (Å²) >= 11 is 0. The van der Waals surface area contributed by atoms with E-state index >= 15 is 0 Å². The summed E-state index contributed by atoms with van der Waals surface area (Å²) < 4.78 is 20.8. The van der Waals surface area contributed by atoms with Crippen molar-refractivity contribution < 1.29 is 38.9 Å². The number of carbonyl (C=O) groups excluding carboxylic acids is 1. The third-order valence-corrected chi connectivity index (χ3v) is 3.71. The smallest absolute Gasteiger partial charge is 0.331 e. The Morgan fingerprint density at radius 1 is 1.28 bits per heavy atom. The van der Waals surface area contributed by atoms with Crippen LogP contribution in [0, 0.1) is 10.1 Å². The molecule has 1 aliphatic rings. The van der Waals surface area contributed by atoms with Crippen molar-refractivity contribution in [1.29, 1.82) is 0 Å². The van der Waals surface area contributed by atoms with Crippen LogP contribution < -0.4 is 4.74 Å². The van der Waals surface area contributed by atoms with Crippen LogP contribution in [0.5, 0.6) is 5.75 Å². The second kappa shape index (κ2) is 8.21. The second-order valence-electron chi connectivity index (χ2n) is 5.41. The van der Waals surface area contributed by atoms with E-state index in [4.69, 9.17) is 14.2 Å². The van der Waals surface area contributed by atoms with Gasteiger partial charge in [-0.1, -0.05) is 0 Å². The molecule has 0 bridgehead atoms. The maximum Gasteiger partial charge on any atom is 0.331 e. The minimum absolute atomic E-state index is 0.112. The number of non-ortho nitro benzene ring substituents is 1. The van der Waals surface area contributed by atoms with Gasteiger partial charge in [-0.25, -0.2) is 4.79 Å². The third kappa shape index (κ3) is 4.63. The zero-order valence-corrected chi connectivity index (χ0v) is 13.6.